The van der Waals surface area contributed by atoms with Crippen LogP contribution in [0.5, 0.6) is 5.88 Å². The molecule has 7 nitrogen and oxygen atoms in total. The van der Waals surface area contributed by atoms with Crippen molar-refractivity contribution in [3.63, 3.8) is 0 Å². The summed E-state index contributed by atoms with van der Waals surface area (Å²) in [6.07, 6.45) is 4.75. The Bertz CT molecular complexity index is 957. The molecule has 25 heavy (non-hydrogen) atoms. The first-order valence-electron chi connectivity index (χ1n) is 8.01. The van der Waals surface area contributed by atoms with Crippen LogP contribution in [0.1, 0.15) is 18.4 Å². The van der Waals surface area contributed by atoms with Gasteiger partial charge in [-0.1, -0.05) is 0 Å². The van der Waals surface area contributed by atoms with Crippen molar-refractivity contribution in [2.45, 2.75) is 18.9 Å². The molecule has 0 bridgehead atoms. The molecular formula is C17H15FN6O. The van der Waals surface area contributed by atoms with Gasteiger partial charge in [-0.05, 0) is 44.1 Å². The maximum Gasteiger partial charge on any atom is 0.245 e. The van der Waals surface area contributed by atoms with Crippen LogP contribution >= 0.6 is 0 Å². The van der Waals surface area contributed by atoms with E-state index in [9.17, 15) is 4.39 Å². The molecule has 0 unspecified atom stereocenters. The van der Waals surface area contributed by atoms with Crippen LogP contribution in [0.3, 0.4) is 0 Å². The standard InChI is InChI=1S/C17H15FN6O/c18-13-7-11(8-19)1-2-14(13)24-10-23-15-16(24)21-9-22-17(15)25-12-3-5-20-6-4-12/h1-2,7,9-10,12,20H,3-6H2. The van der Waals surface area contributed by atoms with E-state index in [0.717, 1.165) is 25.9 Å². The van der Waals surface area contributed by atoms with Gasteiger partial charge in [-0.25, -0.2) is 14.4 Å². The van der Waals surface area contributed by atoms with E-state index in [2.05, 4.69) is 20.3 Å². The number of nitriles is 1. The third kappa shape index (κ3) is 2.90. The van der Waals surface area contributed by atoms with E-state index in [1.54, 1.807) is 6.07 Å². The summed E-state index contributed by atoms with van der Waals surface area (Å²) in [5, 5.41) is 12.2. The Morgan fingerprint density at radius 2 is 2.08 bits per heavy atom. The number of fused-ring (bicyclic) bond motifs is 1. The van der Waals surface area contributed by atoms with E-state index < -0.39 is 5.82 Å². The number of rotatable bonds is 3. The number of ether oxygens (including phenoxy) is 1. The second-order valence-electron chi connectivity index (χ2n) is 5.81. The molecule has 3 aromatic rings. The molecule has 3 heterocycles. The first kappa shape index (κ1) is 15.5. The van der Waals surface area contributed by atoms with Crippen molar-refractivity contribution in [3.8, 4) is 17.6 Å². The van der Waals surface area contributed by atoms with E-state index in [0.29, 0.717) is 17.0 Å². The number of halogens is 1. The first-order valence-corrected chi connectivity index (χ1v) is 8.01. The zero-order valence-electron chi connectivity index (χ0n) is 13.3. The number of imidazole rings is 1. The fourth-order valence-corrected chi connectivity index (χ4v) is 2.92. The summed E-state index contributed by atoms with van der Waals surface area (Å²) in [6, 6.07) is 6.19. The smallest absolute Gasteiger partial charge is 0.245 e. The topological polar surface area (TPSA) is 88.7 Å². The van der Waals surface area contributed by atoms with Crippen molar-refractivity contribution in [1.82, 2.24) is 24.8 Å². The molecule has 0 radical (unpaired) electrons. The van der Waals surface area contributed by atoms with E-state index in [4.69, 9.17) is 10.00 Å². The highest BCUT2D eigenvalue weighted by molar-refractivity contribution is 5.77. The van der Waals surface area contributed by atoms with Crippen molar-refractivity contribution in [3.05, 3.63) is 42.2 Å². The van der Waals surface area contributed by atoms with Gasteiger partial charge in [0, 0.05) is 0 Å². The minimum Gasteiger partial charge on any atom is -0.473 e. The van der Waals surface area contributed by atoms with Crippen molar-refractivity contribution in [2.75, 3.05) is 13.1 Å². The zero-order chi connectivity index (χ0) is 17.2. The highest BCUT2D eigenvalue weighted by atomic mass is 19.1. The van der Waals surface area contributed by atoms with E-state index in [1.807, 2.05) is 6.07 Å². The Labute approximate surface area is 143 Å². The van der Waals surface area contributed by atoms with E-state index >= 15 is 0 Å². The monoisotopic (exact) mass is 338 g/mol. The fraction of sp³-hybridized carbons (Fsp3) is 0.294. The number of aromatic nitrogens is 4. The highest BCUT2D eigenvalue weighted by Gasteiger charge is 2.19. The SMILES string of the molecule is N#Cc1ccc(-n2cnc3c(OC4CCNCC4)ncnc32)c(F)c1. The first-order chi connectivity index (χ1) is 12.3. The molecule has 1 saturated heterocycles. The second kappa shape index (κ2) is 6.45. The molecule has 126 valence electrons. The van der Waals surface area contributed by atoms with Crippen LogP contribution in [0.2, 0.25) is 0 Å². The van der Waals surface area contributed by atoms with Crippen LogP contribution in [0.15, 0.2) is 30.9 Å². The van der Waals surface area contributed by atoms with Crippen LogP contribution in [0, 0.1) is 17.1 Å². The molecule has 1 aromatic carbocycles. The molecule has 0 saturated carbocycles. The minimum absolute atomic E-state index is 0.0798. The van der Waals surface area contributed by atoms with Gasteiger partial charge < -0.3 is 10.1 Å². The summed E-state index contributed by atoms with van der Waals surface area (Å²) in [5.41, 5.74) is 1.48. The number of piperidine rings is 1. The Morgan fingerprint density at radius 3 is 2.84 bits per heavy atom. The Kier molecular flexibility index (Phi) is 3.99. The Hall–Kier alpha value is -3.05. The molecule has 1 N–H and O–H groups in total. The van der Waals surface area contributed by atoms with Crippen LogP contribution in [0.25, 0.3) is 16.9 Å². The van der Waals surface area contributed by atoms with Crippen LogP contribution in [-0.4, -0.2) is 38.7 Å². The van der Waals surface area contributed by atoms with Crippen LogP contribution < -0.4 is 10.1 Å². The van der Waals surface area contributed by atoms with Gasteiger partial charge in [0.05, 0.1) is 17.3 Å². The Morgan fingerprint density at radius 1 is 1.24 bits per heavy atom. The average molecular weight is 338 g/mol. The van der Waals surface area contributed by atoms with Crippen molar-refractivity contribution < 1.29 is 9.13 Å². The minimum atomic E-state index is -0.516. The summed E-state index contributed by atoms with van der Waals surface area (Å²) in [5.74, 6) is -0.109. The Balaban J connectivity index is 1.72. The van der Waals surface area contributed by atoms with Crippen LogP contribution in [-0.2, 0) is 0 Å². The zero-order valence-corrected chi connectivity index (χ0v) is 13.3. The molecule has 1 aliphatic rings. The third-order valence-corrected chi connectivity index (χ3v) is 4.20. The lowest BCUT2D eigenvalue weighted by molar-refractivity contribution is 0.158. The van der Waals surface area contributed by atoms with Crippen LogP contribution in [0.4, 0.5) is 4.39 Å². The highest BCUT2D eigenvalue weighted by Crippen LogP contribution is 2.25. The van der Waals surface area contributed by atoms with Crippen molar-refractivity contribution in [2.24, 2.45) is 0 Å². The number of benzene rings is 1. The molecule has 0 aliphatic carbocycles. The lowest BCUT2D eigenvalue weighted by Gasteiger charge is -2.23. The van der Waals surface area contributed by atoms with Crippen molar-refractivity contribution >= 4 is 11.2 Å². The predicted octanol–water partition coefficient (Wildman–Crippen LogP) is 1.96. The van der Waals surface area contributed by atoms with Gasteiger partial charge in [0.1, 0.15) is 24.6 Å². The predicted molar refractivity (Wildman–Crippen MR) is 87.9 cm³/mol. The number of hydrogen-bond acceptors (Lipinski definition) is 6. The molecule has 0 spiro atoms. The van der Waals surface area contributed by atoms with Gasteiger partial charge in [-0.2, -0.15) is 10.2 Å². The molecule has 0 atom stereocenters. The number of nitrogens with one attached hydrogen (secondary N) is 1. The number of nitrogens with zero attached hydrogens (tertiary/aromatic N) is 5. The largest absolute Gasteiger partial charge is 0.473 e. The van der Waals surface area contributed by atoms with Gasteiger partial charge in [-0.15, -0.1) is 0 Å². The average Bonchev–Trinajstić information content (AvgIpc) is 3.07. The van der Waals surface area contributed by atoms with Gasteiger partial charge in [0.25, 0.3) is 0 Å². The summed E-state index contributed by atoms with van der Waals surface area (Å²) in [4.78, 5) is 12.7. The molecule has 1 fully saturated rings. The third-order valence-electron chi connectivity index (χ3n) is 4.20. The fourth-order valence-electron chi connectivity index (χ4n) is 2.92. The quantitative estimate of drug-likeness (QED) is 0.785. The molecule has 0 amide bonds. The van der Waals surface area contributed by atoms with Gasteiger partial charge >= 0.3 is 0 Å². The summed E-state index contributed by atoms with van der Waals surface area (Å²) >= 11 is 0. The molecule has 8 heteroatoms. The van der Waals surface area contributed by atoms with Crippen molar-refractivity contribution in [1.29, 1.82) is 5.26 Å². The summed E-state index contributed by atoms with van der Waals surface area (Å²) < 4.78 is 21.8. The summed E-state index contributed by atoms with van der Waals surface area (Å²) in [6.45, 7) is 1.81. The maximum absolute atomic E-state index is 14.3. The molecular weight excluding hydrogens is 323 g/mol. The van der Waals surface area contributed by atoms with E-state index in [-0.39, 0.29) is 17.4 Å². The summed E-state index contributed by atoms with van der Waals surface area (Å²) in [7, 11) is 0. The van der Waals surface area contributed by atoms with Gasteiger partial charge in [0.15, 0.2) is 11.2 Å². The lowest BCUT2D eigenvalue weighted by Crippen LogP contribution is -2.34. The second-order valence-corrected chi connectivity index (χ2v) is 5.81. The molecule has 1 aliphatic heterocycles. The number of hydrogen-bond donors (Lipinski definition) is 1. The molecule has 4 rings (SSSR count). The van der Waals surface area contributed by atoms with Gasteiger partial charge in [0.2, 0.25) is 5.88 Å². The normalized spacial score (nSPS) is 15.2. The maximum atomic E-state index is 14.3. The lowest BCUT2D eigenvalue weighted by atomic mass is 10.1. The van der Waals surface area contributed by atoms with Gasteiger partial charge in [-0.3, -0.25) is 4.57 Å². The molecule has 2 aromatic heterocycles. The van der Waals surface area contributed by atoms with E-state index in [1.165, 1.54) is 29.4 Å².